The molecule has 0 aliphatic heterocycles. The highest BCUT2D eigenvalue weighted by Gasteiger charge is 2.30. The van der Waals surface area contributed by atoms with Crippen molar-refractivity contribution in [3.63, 3.8) is 0 Å². The lowest BCUT2D eigenvalue weighted by Crippen LogP contribution is -2.03. The molecule has 3 aromatic rings. The molecule has 29 heavy (non-hydrogen) atoms. The number of rotatable bonds is 5. The summed E-state index contributed by atoms with van der Waals surface area (Å²) in [6.07, 6.45) is -1.19. The molecule has 1 aromatic heterocycles. The van der Waals surface area contributed by atoms with E-state index in [-0.39, 0.29) is 11.7 Å². The Kier molecular flexibility index (Phi) is 5.88. The van der Waals surface area contributed by atoms with Crippen molar-refractivity contribution in [2.45, 2.75) is 25.9 Å². The maximum Gasteiger partial charge on any atom is 0.416 e. The summed E-state index contributed by atoms with van der Waals surface area (Å²) in [5.41, 5.74) is 7.45. The summed E-state index contributed by atoms with van der Waals surface area (Å²) < 4.78 is 38.3. The van der Waals surface area contributed by atoms with Crippen LogP contribution in [0, 0.1) is 0 Å². The van der Waals surface area contributed by atoms with E-state index < -0.39 is 11.7 Å². The summed E-state index contributed by atoms with van der Waals surface area (Å²) in [5.74, 6) is -0.0649. The second kappa shape index (κ2) is 8.21. The minimum Gasteiger partial charge on any atom is -0.399 e. The van der Waals surface area contributed by atoms with Gasteiger partial charge in [-0.2, -0.15) is 13.2 Å². The summed E-state index contributed by atoms with van der Waals surface area (Å²) in [5, 5.41) is 0.613. The average molecular weight is 416 g/mol. The van der Waals surface area contributed by atoms with E-state index in [1.165, 1.54) is 29.5 Å². The van der Waals surface area contributed by atoms with Crippen LogP contribution in [0.2, 0.25) is 0 Å². The van der Waals surface area contributed by atoms with E-state index in [9.17, 15) is 18.0 Å². The zero-order valence-corrected chi connectivity index (χ0v) is 16.6. The fourth-order valence-corrected chi connectivity index (χ4v) is 3.83. The van der Waals surface area contributed by atoms with Gasteiger partial charge in [0, 0.05) is 16.8 Å². The number of benzene rings is 2. The third kappa shape index (κ3) is 4.92. The first kappa shape index (κ1) is 20.8. The van der Waals surface area contributed by atoms with E-state index in [1.54, 1.807) is 30.3 Å². The molecule has 3 nitrogen and oxygen atoms in total. The lowest BCUT2D eigenvalue weighted by molar-refractivity contribution is -0.137. The number of carbonyl (C=O) groups excluding carboxylic acids is 1. The second-order valence-electron chi connectivity index (χ2n) is 6.82. The van der Waals surface area contributed by atoms with Crippen molar-refractivity contribution >= 4 is 28.9 Å². The minimum absolute atomic E-state index is 0.0979. The summed E-state index contributed by atoms with van der Waals surface area (Å²) in [7, 11) is 0. The molecule has 0 saturated carbocycles. The van der Waals surface area contributed by atoms with Gasteiger partial charge in [0.2, 0.25) is 0 Å². The van der Waals surface area contributed by atoms with Gasteiger partial charge in [0.15, 0.2) is 5.78 Å². The predicted molar refractivity (Wildman–Crippen MR) is 111 cm³/mol. The van der Waals surface area contributed by atoms with Crippen LogP contribution in [0.4, 0.5) is 18.9 Å². The van der Waals surface area contributed by atoms with Crippen molar-refractivity contribution in [1.82, 2.24) is 4.98 Å². The highest BCUT2D eigenvalue weighted by atomic mass is 32.1. The van der Waals surface area contributed by atoms with Gasteiger partial charge < -0.3 is 5.73 Å². The topological polar surface area (TPSA) is 56.0 Å². The minimum atomic E-state index is -4.37. The SMILES string of the molecule is CC(C)c1nc(-c2ccc(C(F)(F)F)cc2)sc1C=CC(=O)c1ccc(N)cc1. The molecule has 150 valence electrons. The molecule has 0 aliphatic rings. The number of nitrogens with two attached hydrogens (primary N) is 1. The number of thiazole rings is 1. The fourth-order valence-electron chi connectivity index (χ4n) is 2.70. The Labute approximate surface area is 170 Å². The van der Waals surface area contributed by atoms with Crippen LogP contribution in [-0.2, 0) is 6.18 Å². The first-order valence-electron chi connectivity index (χ1n) is 8.91. The monoisotopic (exact) mass is 416 g/mol. The smallest absolute Gasteiger partial charge is 0.399 e. The van der Waals surface area contributed by atoms with Crippen LogP contribution >= 0.6 is 11.3 Å². The fraction of sp³-hybridized carbons (Fsp3) is 0.182. The van der Waals surface area contributed by atoms with Crippen LogP contribution in [0.5, 0.6) is 0 Å². The van der Waals surface area contributed by atoms with Gasteiger partial charge in [-0.25, -0.2) is 4.98 Å². The number of hydrogen-bond acceptors (Lipinski definition) is 4. The van der Waals surface area contributed by atoms with Crippen LogP contribution in [0.25, 0.3) is 16.6 Å². The number of allylic oxidation sites excluding steroid dienone is 1. The molecule has 0 bridgehead atoms. The number of ketones is 1. The highest BCUT2D eigenvalue weighted by Crippen LogP contribution is 2.35. The maximum atomic E-state index is 12.8. The van der Waals surface area contributed by atoms with E-state index in [1.807, 2.05) is 13.8 Å². The van der Waals surface area contributed by atoms with Gasteiger partial charge in [0.1, 0.15) is 5.01 Å². The Balaban J connectivity index is 1.89. The van der Waals surface area contributed by atoms with Gasteiger partial charge in [-0.3, -0.25) is 4.79 Å². The van der Waals surface area contributed by atoms with Gasteiger partial charge >= 0.3 is 6.18 Å². The van der Waals surface area contributed by atoms with Gasteiger partial charge in [-0.1, -0.05) is 26.0 Å². The summed E-state index contributed by atoms with van der Waals surface area (Å²) >= 11 is 1.34. The van der Waals surface area contributed by atoms with E-state index in [0.717, 1.165) is 22.7 Å². The van der Waals surface area contributed by atoms with Gasteiger partial charge in [-0.05, 0) is 54.5 Å². The maximum absolute atomic E-state index is 12.8. The van der Waals surface area contributed by atoms with E-state index in [4.69, 9.17) is 5.73 Å². The number of alkyl halides is 3. The second-order valence-corrected chi connectivity index (χ2v) is 7.85. The number of halogens is 3. The third-order valence-electron chi connectivity index (χ3n) is 4.27. The molecular formula is C22H19F3N2OS. The molecule has 1 heterocycles. The number of carbonyl (C=O) groups is 1. The molecule has 0 saturated heterocycles. The number of nitrogens with zero attached hydrogens (tertiary/aromatic N) is 1. The molecule has 0 fully saturated rings. The summed E-state index contributed by atoms with van der Waals surface area (Å²) in [6.45, 7) is 3.95. The Bertz CT molecular complexity index is 1030. The molecular weight excluding hydrogens is 397 g/mol. The molecule has 3 rings (SSSR count). The Hall–Kier alpha value is -2.93. The predicted octanol–water partition coefficient (Wildman–Crippen LogP) is 6.43. The molecule has 0 aliphatic carbocycles. The zero-order chi connectivity index (χ0) is 21.2. The van der Waals surface area contributed by atoms with Crippen LogP contribution in [0.3, 0.4) is 0 Å². The lowest BCUT2D eigenvalue weighted by Gasteiger charge is -2.06. The van der Waals surface area contributed by atoms with Crippen molar-refractivity contribution < 1.29 is 18.0 Å². The Morgan fingerprint density at radius 2 is 1.69 bits per heavy atom. The number of anilines is 1. The van der Waals surface area contributed by atoms with Crippen LogP contribution in [-0.4, -0.2) is 10.8 Å². The van der Waals surface area contributed by atoms with Gasteiger partial charge in [0.25, 0.3) is 0 Å². The standard InChI is InChI=1S/C22H19F3N2OS/c1-13(2)20-19(12-11-18(28)14-5-9-17(26)10-6-14)29-21(27-20)15-3-7-16(8-4-15)22(23,24)25/h3-13H,26H2,1-2H3. The number of aromatic nitrogens is 1. The average Bonchev–Trinajstić information content (AvgIpc) is 3.11. The van der Waals surface area contributed by atoms with Crippen LogP contribution in [0.15, 0.2) is 54.6 Å². The van der Waals surface area contributed by atoms with Gasteiger partial charge in [-0.15, -0.1) is 11.3 Å². The van der Waals surface area contributed by atoms with Crippen molar-refractivity contribution in [3.8, 4) is 10.6 Å². The quantitative estimate of drug-likeness (QED) is 0.296. The first-order valence-corrected chi connectivity index (χ1v) is 9.73. The number of nitrogen functional groups attached to an aromatic ring is 1. The molecule has 0 atom stereocenters. The van der Waals surface area contributed by atoms with Crippen LogP contribution < -0.4 is 5.73 Å². The first-order chi connectivity index (χ1) is 13.6. The van der Waals surface area contributed by atoms with Crippen molar-refractivity contribution in [1.29, 1.82) is 0 Å². The Morgan fingerprint density at radius 3 is 2.24 bits per heavy atom. The van der Waals surface area contributed by atoms with Crippen molar-refractivity contribution in [3.05, 3.63) is 76.3 Å². The summed E-state index contributed by atoms with van der Waals surface area (Å²) in [4.78, 5) is 17.8. The van der Waals surface area contributed by atoms with E-state index >= 15 is 0 Å². The molecule has 0 unspecified atom stereocenters. The zero-order valence-electron chi connectivity index (χ0n) is 15.8. The molecule has 0 spiro atoms. The largest absolute Gasteiger partial charge is 0.416 e. The van der Waals surface area contributed by atoms with E-state index in [2.05, 4.69) is 4.98 Å². The molecule has 0 amide bonds. The highest BCUT2D eigenvalue weighted by molar-refractivity contribution is 7.16. The molecule has 0 radical (unpaired) electrons. The third-order valence-corrected chi connectivity index (χ3v) is 5.35. The molecule has 7 heteroatoms. The Morgan fingerprint density at radius 1 is 1.07 bits per heavy atom. The number of hydrogen-bond donors (Lipinski definition) is 1. The molecule has 2 aromatic carbocycles. The van der Waals surface area contributed by atoms with Crippen LogP contribution in [0.1, 0.15) is 46.3 Å². The van der Waals surface area contributed by atoms with Crippen molar-refractivity contribution in [2.75, 3.05) is 5.73 Å². The summed E-state index contributed by atoms with van der Waals surface area (Å²) in [6, 6.07) is 11.6. The van der Waals surface area contributed by atoms with E-state index in [0.29, 0.717) is 21.8 Å². The molecule has 2 N–H and O–H groups in total. The normalized spacial score (nSPS) is 12.1. The van der Waals surface area contributed by atoms with Gasteiger partial charge in [0.05, 0.1) is 16.1 Å². The lowest BCUT2D eigenvalue weighted by atomic mass is 10.1. The van der Waals surface area contributed by atoms with Crippen molar-refractivity contribution in [2.24, 2.45) is 0 Å².